The Morgan fingerprint density at radius 3 is 2.83 bits per heavy atom. The smallest absolute Gasteiger partial charge is 0.121 e. The van der Waals surface area contributed by atoms with E-state index in [2.05, 4.69) is 24.1 Å². The van der Waals surface area contributed by atoms with Crippen molar-refractivity contribution in [1.29, 1.82) is 0 Å². The van der Waals surface area contributed by atoms with Gasteiger partial charge in [0.1, 0.15) is 11.9 Å². The maximum atomic E-state index is 5.93. The summed E-state index contributed by atoms with van der Waals surface area (Å²) in [5, 5.41) is 3.96. The van der Waals surface area contributed by atoms with Crippen LogP contribution < -0.4 is 10.1 Å². The Kier molecular flexibility index (Phi) is 6.64. The number of hydrogen-bond donors (Lipinski definition) is 1. The molecule has 18 heavy (non-hydrogen) atoms. The highest BCUT2D eigenvalue weighted by Crippen LogP contribution is 2.19. The molecule has 0 heterocycles. The molecule has 0 spiro atoms. The molecule has 2 atom stereocenters. The van der Waals surface area contributed by atoms with Gasteiger partial charge in [0.25, 0.3) is 0 Å². The molecule has 0 aromatic heterocycles. The van der Waals surface area contributed by atoms with Crippen LogP contribution in [-0.4, -0.2) is 19.2 Å². The summed E-state index contributed by atoms with van der Waals surface area (Å²) >= 11 is 5.93. The van der Waals surface area contributed by atoms with E-state index in [-0.39, 0.29) is 12.1 Å². The van der Waals surface area contributed by atoms with Crippen LogP contribution in [0.4, 0.5) is 0 Å². The first kappa shape index (κ1) is 14.9. The van der Waals surface area contributed by atoms with Crippen molar-refractivity contribution in [2.75, 3.05) is 7.05 Å². The maximum absolute atomic E-state index is 5.93. The van der Waals surface area contributed by atoms with Gasteiger partial charge >= 0.3 is 0 Å². The van der Waals surface area contributed by atoms with Crippen LogP contribution in [0.3, 0.4) is 0 Å². The molecule has 0 aliphatic heterocycles. The average Bonchev–Trinajstić information content (AvgIpc) is 2.34. The Morgan fingerprint density at radius 1 is 1.44 bits per heavy atom. The molecule has 0 saturated carbocycles. The highest BCUT2D eigenvalue weighted by atomic mass is 35.5. The third kappa shape index (κ3) is 5.00. The van der Waals surface area contributed by atoms with E-state index < -0.39 is 0 Å². The van der Waals surface area contributed by atoms with Crippen molar-refractivity contribution in [1.82, 2.24) is 5.32 Å². The molecule has 0 saturated heterocycles. The van der Waals surface area contributed by atoms with Crippen molar-refractivity contribution < 1.29 is 4.74 Å². The standard InChI is InChI=1S/C15H20ClNO/c1-4-5-6-10-15(17-3)12(2)18-14-9-7-8-13(16)11-14/h7-9,11-12,15,17H,6,10H2,1-3H3. The molecular weight excluding hydrogens is 246 g/mol. The van der Waals surface area contributed by atoms with Crippen molar-refractivity contribution in [3.63, 3.8) is 0 Å². The SMILES string of the molecule is CC#CCCC(NC)C(C)Oc1cccc(Cl)c1. The van der Waals surface area contributed by atoms with E-state index in [1.807, 2.05) is 38.2 Å². The number of likely N-dealkylation sites (N-methyl/N-ethyl adjacent to an activating group) is 1. The lowest BCUT2D eigenvalue weighted by Gasteiger charge is -2.24. The van der Waals surface area contributed by atoms with Gasteiger partial charge in [-0.15, -0.1) is 11.8 Å². The predicted molar refractivity (Wildman–Crippen MR) is 77.1 cm³/mol. The third-order valence-corrected chi connectivity index (χ3v) is 3.05. The van der Waals surface area contributed by atoms with Crippen molar-refractivity contribution >= 4 is 11.6 Å². The van der Waals surface area contributed by atoms with Crippen molar-refractivity contribution in [3.8, 4) is 17.6 Å². The van der Waals surface area contributed by atoms with Crippen LogP contribution >= 0.6 is 11.6 Å². The zero-order valence-electron chi connectivity index (χ0n) is 11.2. The van der Waals surface area contributed by atoms with E-state index in [1.54, 1.807) is 0 Å². The molecule has 98 valence electrons. The molecule has 0 fully saturated rings. The minimum atomic E-state index is 0.0760. The quantitative estimate of drug-likeness (QED) is 0.795. The molecule has 0 amide bonds. The molecule has 0 bridgehead atoms. The van der Waals surface area contributed by atoms with Gasteiger partial charge in [-0.1, -0.05) is 17.7 Å². The molecule has 1 aromatic rings. The number of benzene rings is 1. The normalized spacial score (nSPS) is 13.3. The molecule has 1 N–H and O–H groups in total. The van der Waals surface area contributed by atoms with Gasteiger partial charge in [-0.05, 0) is 45.5 Å². The fraction of sp³-hybridized carbons (Fsp3) is 0.467. The highest BCUT2D eigenvalue weighted by Gasteiger charge is 2.16. The van der Waals surface area contributed by atoms with Crippen molar-refractivity contribution in [2.24, 2.45) is 0 Å². The Hall–Kier alpha value is -1.17. The molecule has 0 aliphatic carbocycles. The van der Waals surface area contributed by atoms with Gasteiger partial charge in [-0.25, -0.2) is 0 Å². The summed E-state index contributed by atoms with van der Waals surface area (Å²) in [5.74, 6) is 6.78. The summed E-state index contributed by atoms with van der Waals surface area (Å²) in [4.78, 5) is 0. The number of nitrogens with one attached hydrogen (secondary N) is 1. The molecular formula is C15H20ClNO. The fourth-order valence-electron chi connectivity index (χ4n) is 1.80. The van der Waals surface area contributed by atoms with Gasteiger partial charge in [0.05, 0.1) is 0 Å². The topological polar surface area (TPSA) is 21.3 Å². The van der Waals surface area contributed by atoms with Gasteiger partial charge in [-0.3, -0.25) is 0 Å². The molecule has 0 aliphatic rings. The minimum Gasteiger partial charge on any atom is -0.489 e. The lowest BCUT2D eigenvalue weighted by atomic mass is 10.1. The molecule has 0 radical (unpaired) electrons. The van der Waals surface area contributed by atoms with Crippen LogP contribution in [0.15, 0.2) is 24.3 Å². The highest BCUT2D eigenvalue weighted by molar-refractivity contribution is 6.30. The van der Waals surface area contributed by atoms with Crippen LogP contribution in [0.1, 0.15) is 26.7 Å². The molecule has 2 unspecified atom stereocenters. The first-order valence-electron chi connectivity index (χ1n) is 6.16. The summed E-state index contributed by atoms with van der Waals surface area (Å²) in [6.45, 7) is 3.92. The van der Waals surface area contributed by atoms with Crippen molar-refractivity contribution in [2.45, 2.75) is 38.8 Å². The minimum absolute atomic E-state index is 0.0760. The Labute approximate surface area is 115 Å². The monoisotopic (exact) mass is 265 g/mol. The zero-order chi connectivity index (χ0) is 13.4. The van der Waals surface area contributed by atoms with Gasteiger partial charge in [-0.2, -0.15) is 0 Å². The molecule has 1 rings (SSSR count). The van der Waals surface area contributed by atoms with E-state index in [1.165, 1.54) is 0 Å². The summed E-state index contributed by atoms with van der Waals surface area (Å²) in [7, 11) is 1.95. The van der Waals surface area contributed by atoms with Crippen LogP contribution in [0.5, 0.6) is 5.75 Å². The number of rotatable bonds is 6. The van der Waals surface area contributed by atoms with E-state index in [4.69, 9.17) is 16.3 Å². The van der Waals surface area contributed by atoms with E-state index in [0.717, 1.165) is 18.6 Å². The molecule has 3 heteroatoms. The summed E-state index contributed by atoms with van der Waals surface area (Å²) < 4.78 is 5.88. The number of hydrogen-bond acceptors (Lipinski definition) is 2. The lowest BCUT2D eigenvalue weighted by Crippen LogP contribution is -2.39. The van der Waals surface area contributed by atoms with Crippen LogP contribution in [0.2, 0.25) is 5.02 Å². The Bertz CT molecular complexity index is 422. The second-order valence-electron chi connectivity index (χ2n) is 4.14. The van der Waals surface area contributed by atoms with Crippen LogP contribution in [0.25, 0.3) is 0 Å². The summed E-state index contributed by atoms with van der Waals surface area (Å²) in [6, 6.07) is 7.76. The largest absolute Gasteiger partial charge is 0.489 e. The van der Waals surface area contributed by atoms with E-state index in [9.17, 15) is 0 Å². The Morgan fingerprint density at radius 2 is 2.22 bits per heavy atom. The Balaban J connectivity index is 2.55. The van der Waals surface area contributed by atoms with Gasteiger partial charge < -0.3 is 10.1 Å². The van der Waals surface area contributed by atoms with Gasteiger partial charge in [0, 0.05) is 17.5 Å². The predicted octanol–water partition coefficient (Wildman–Crippen LogP) is 3.50. The second kappa shape index (κ2) is 8.02. The first-order chi connectivity index (χ1) is 8.67. The number of ether oxygens (including phenoxy) is 1. The van der Waals surface area contributed by atoms with Gasteiger partial charge in [0.15, 0.2) is 0 Å². The van der Waals surface area contributed by atoms with E-state index in [0.29, 0.717) is 5.02 Å². The molecule has 2 nitrogen and oxygen atoms in total. The van der Waals surface area contributed by atoms with Crippen molar-refractivity contribution in [3.05, 3.63) is 29.3 Å². The summed E-state index contributed by atoms with van der Waals surface area (Å²) in [5.41, 5.74) is 0. The lowest BCUT2D eigenvalue weighted by molar-refractivity contribution is 0.170. The average molecular weight is 266 g/mol. The summed E-state index contributed by atoms with van der Waals surface area (Å²) in [6.07, 6.45) is 1.93. The first-order valence-corrected chi connectivity index (χ1v) is 6.54. The zero-order valence-corrected chi connectivity index (χ0v) is 11.9. The second-order valence-corrected chi connectivity index (χ2v) is 4.58. The third-order valence-electron chi connectivity index (χ3n) is 2.81. The molecule has 1 aromatic carbocycles. The van der Waals surface area contributed by atoms with E-state index >= 15 is 0 Å². The van der Waals surface area contributed by atoms with Crippen LogP contribution in [-0.2, 0) is 0 Å². The van der Waals surface area contributed by atoms with Crippen LogP contribution in [0, 0.1) is 11.8 Å². The van der Waals surface area contributed by atoms with Gasteiger partial charge in [0.2, 0.25) is 0 Å². The maximum Gasteiger partial charge on any atom is 0.121 e. The fourth-order valence-corrected chi connectivity index (χ4v) is 1.98. The number of halogens is 1.